The third-order valence-corrected chi connectivity index (χ3v) is 10.5. The Hall–Kier alpha value is -4.51. The Bertz CT molecular complexity index is 2040. The van der Waals surface area contributed by atoms with Crippen LogP contribution in [0.5, 0.6) is 0 Å². The molecule has 0 unspecified atom stereocenters. The second-order valence-electron chi connectivity index (χ2n) is 14.0. The maximum atomic E-state index is 5.62. The standard InChI is InChI=1S/C46H58N4O/c1-5-9-12-22-31-48-42-30-21-19-27-38(42)44-40(35-47-50(33-34-51-8-4)36-24-16-14-17-25-36)46-43(39(45(44)48)28-15-11-7-3)37-26-18-20-29-41(37)49(46)32-23-13-10-6-2/h8,14,16-21,24-27,29-30,35H,4-7,9-13,15,22-23,28,31-34H2,1-3H3/b47-35+. The first kappa shape index (κ1) is 36.3. The molecule has 0 amide bonds. The molecule has 0 fully saturated rings. The predicted octanol–water partition coefficient (Wildman–Crippen LogP) is 12.8. The molecule has 0 spiro atoms. The zero-order valence-corrected chi connectivity index (χ0v) is 31.4. The van der Waals surface area contributed by atoms with E-state index >= 15 is 0 Å². The molecule has 0 aliphatic rings. The minimum Gasteiger partial charge on any atom is -0.500 e. The number of benzene rings is 4. The van der Waals surface area contributed by atoms with Crippen LogP contribution in [0.3, 0.4) is 0 Å². The van der Waals surface area contributed by atoms with Crippen LogP contribution in [-0.4, -0.2) is 28.5 Å². The predicted molar refractivity (Wildman–Crippen MR) is 221 cm³/mol. The van der Waals surface area contributed by atoms with E-state index in [0.717, 1.165) is 31.6 Å². The van der Waals surface area contributed by atoms with Gasteiger partial charge in [-0.3, -0.25) is 5.01 Å². The lowest BCUT2D eigenvalue weighted by Crippen LogP contribution is -2.21. The third kappa shape index (κ3) is 7.88. The molecule has 0 aliphatic carbocycles. The smallest absolute Gasteiger partial charge is 0.107 e. The van der Waals surface area contributed by atoms with E-state index in [1.165, 1.54) is 125 Å². The molecule has 6 rings (SSSR count). The van der Waals surface area contributed by atoms with Gasteiger partial charge in [0.15, 0.2) is 0 Å². The van der Waals surface area contributed by atoms with Crippen molar-refractivity contribution < 1.29 is 4.74 Å². The van der Waals surface area contributed by atoms with E-state index in [1.807, 2.05) is 0 Å². The summed E-state index contributed by atoms with van der Waals surface area (Å²) in [6.45, 7) is 13.8. The molecule has 2 heterocycles. The molecule has 0 saturated heterocycles. The maximum absolute atomic E-state index is 5.62. The van der Waals surface area contributed by atoms with Gasteiger partial charge in [0.2, 0.25) is 0 Å². The summed E-state index contributed by atoms with van der Waals surface area (Å²) in [6.07, 6.45) is 18.2. The summed E-state index contributed by atoms with van der Waals surface area (Å²) in [4.78, 5) is 0. The molecule has 0 aliphatic heterocycles. The minimum absolute atomic E-state index is 0.506. The Morgan fingerprint density at radius 1 is 0.647 bits per heavy atom. The van der Waals surface area contributed by atoms with Crippen molar-refractivity contribution in [1.29, 1.82) is 0 Å². The molecule has 2 aromatic heterocycles. The lowest BCUT2D eigenvalue weighted by atomic mass is 9.94. The highest BCUT2D eigenvalue weighted by atomic mass is 16.5. The SMILES string of the molecule is C=COCCN(/N=C/c1c2c3ccccc3n(CCCCCC)c2c(CCCCC)c2c3ccccc3n(CCCCCC)c12)c1ccccc1. The number of aromatic nitrogens is 2. The average Bonchev–Trinajstić information content (AvgIpc) is 3.67. The summed E-state index contributed by atoms with van der Waals surface area (Å²) >= 11 is 0. The van der Waals surface area contributed by atoms with Crippen molar-refractivity contribution in [1.82, 2.24) is 9.13 Å². The number of rotatable bonds is 21. The summed E-state index contributed by atoms with van der Waals surface area (Å²) in [7, 11) is 0. The normalized spacial score (nSPS) is 11.9. The van der Waals surface area contributed by atoms with Crippen LogP contribution in [0.25, 0.3) is 43.6 Å². The highest BCUT2D eigenvalue weighted by molar-refractivity contribution is 6.27. The molecule has 6 aromatic rings. The largest absolute Gasteiger partial charge is 0.500 e. The fourth-order valence-corrected chi connectivity index (χ4v) is 8.00. The number of unbranched alkanes of at least 4 members (excludes halogenated alkanes) is 8. The van der Waals surface area contributed by atoms with Crippen molar-refractivity contribution in [3.63, 3.8) is 0 Å². The Morgan fingerprint density at radius 2 is 1.22 bits per heavy atom. The highest BCUT2D eigenvalue weighted by Gasteiger charge is 2.25. The van der Waals surface area contributed by atoms with E-state index in [0.29, 0.717) is 13.2 Å². The van der Waals surface area contributed by atoms with Gasteiger partial charge in [0, 0.05) is 51.2 Å². The first-order chi connectivity index (χ1) is 25.2. The van der Waals surface area contributed by atoms with E-state index in [1.54, 1.807) is 0 Å². The maximum Gasteiger partial charge on any atom is 0.107 e. The quantitative estimate of drug-likeness (QED) is 0.0328. The first-order valence-electron chi connectivity index (χ1n) is 19.8. The summed E-state index contributed by atoms with van der Waals surface area (Å²) < 4.78 is 10.9. The molecule has 5 heteroatoms. The number of anilines is 1. The first-order valence-corrected chi connectivity index (χ1v) is 19.8. The van der Waals surface area contributed by atoms with E-state index in [-0.39, 0.29) is 0 Å². The lowest BCUT2D eigenvalue weighted by Gasteiger charge is -2.20. The van der Waals surface area contributed by atoms with Gasteiger partial charge in [0.25, 0.3) is 0 Å². The number of hydrazone groups is 1. The van der Waals surface area contributed by atoms with E-state index < -0.39 is 0 Å². The Balaban J connectivity index is 1.70. The van der Waals surface area contributed by atoms with Crippen LogP contribution in [0.15, 0.2) is 96.8 Å². The summed E-state index contributed by atoms with van der Waals surface area (Å²) in [6, 6.07) is 28.7. The molecule has 268 valence electrons. The number of hydrogen-bond donors (Lipinski definition) is 0. The van der Waals surface area contributed by atoms with Gasteiger partial charge >= 0.3 is 0 Å². The van der Waals surface area contributed by atoms with Crippen molar-refractivity contribution in [2.45, 2.75) is 111 Å². The molecule has 5 nitrogen and oxygen atoms in total. The monoisotopic (exact) mass is 682 g/mol. The zero-order valence-electron chi connectivity index (χ0n) is 31.4. The van der Waals surface area contributed by atoms with Crippen molar-refractivity contribution in [3.8, 4) is 0 Å². The Labute approximate surface area is 305 Å². The van der Waals surface area contributed by atoms with Gasteiger partial charge in [0.05, 0.1) is 35.7 Å². The fourth-order valence-electron chi connectivity index (χ4n) is 8.00. The number of fused-ring (bicyclic) bond motifs is 6. The molecular weight excluding hydrogens is 625 g/mol. The summed E-state index contributed by atoms with van der Waals surface area (Å²) in [5, 5.41) is 12.9. The molecular formula is C46H58N4O. The molecule has 0 radical (unpaired) electrons. The van der Waals surface area contributed by atoms with Crippen LogP contribution >= 0.6 is 0 Å². The molecule has 0 bridgehead atoms. The van der Waals surface area contributed by atoms with Gasteiger partial charge in [-0.15, -0.1) is 0 Å². The second-order valence-corrected chi connectivity index (χ2v) is 14.0. The van der Waals surface area contributed by atoms with Crippen LogP contribution in [0.1, 0.15) is 103 Å². The van der Waals surface area contributed by atoms with Crippen molar-refractivity contribution in [3.05, 3.63) is 103 Å². The van der Waals surface area contributed by atoms with Crippen LogP contribution in [0.2, 0.25) is 0 Å². The van der Waals surface area contributed by atoms with E-state index in [4.69, 9.17) is 9.84 Å². The average molecular weight is 683 g/mol. The molecule has 0 atom stereocenters. The van der Waals surface area contributed by atoms with Gasteiger partial charge < -0.3 is 13.9 Å². The number of aryl methyl sites for hydroxylation is 3. The summed E-state index contributed by atoms with van der Waals surface area (Å²) in [5.41, 5.74) is 9.19. The van der Waals surface area contributed by atoms with Gasteiger partial charge in [-0.2, -0.15) is 5.10 Å². The molecule has 51 heavy (non-hydrogen) atoms. The van der Waals surface area contributed by atoms with Gasteiger partial charge in [0.1, 0.15) is 6.61 Å². The lowest BCUT2D eigenvalue weighted by molar-refractivity contribution is 0.258. The molecule has 0 saturated carbocycles. The fraction of sp³-hybridized carbons (Fsp3) is 0.413. The minimum atomic E-state index is 0.506. The van der Waals surface area contributed by atoms with E-state index in [2.05, 4.69) is 127 Å². The van der Waals surface area contributed by atoms with Crippen LogP contribution in [-0.2, 0) is 24.2 Å². The third-order valence-electron chi connectivity index (χ3n) is 10.5. The molecule has 4 aromatic carbocycles. The number of para-hydroxylation sites is 3. The van der Waals surface area contributed by atoms with Crippen LogP contribution in [0.4, 0.5) is 5.69 Å². The van der Waals surface area contributed by atoms with Crippen LogP contribution < -0.4 is 5.01 Å². The topological polar surface area (TPSA) is 34.7 Å². The van der Waals surface area contributed by atoms with Crippen molar-refractivity contribution in [2.24, 2.45) is 5.10 Å². The van der Waals surface area contributed by atoms with E-state index in [9.17, 15) is 0 Å². The number of ether oxygens (including phenoxy) is 1. The van der Waals surface area contributed by atoms with Crippen molar-refractivity contribution >= 4 is 55.5 Å². The second kappa shape index (κ2) is 18.1. The zero-order chi connectivity index (χ0) is 35.4. The van der Waals surface area contributed by atoms with Crippen molar-refractivity contribution in [2.75, 3.05) is 18.2 Å². The van der Waals surface area contributed by atoms with Gasteiger partial charge in [-0.05, 0) is 55.5 Å². The van der Waals surface area contributed by atoms with Gasteiger partial charge in [-0.25, -0.2) is 0 Å². The van der Waals surface area contributed by atoms with Crippen LogP contribution in [0, 0.1) is 0 Å². The number of hydrogen-bond acceptors (Lipinski definition) is 3. The highest BCUT2D eigenvalue weighted by Crippen LogP contribution is 2.44. The molecule has 0 N–H and O–H groups in total. The van der Waals surface area contributed by atoms with Gasteiger partial charge in [-0.1, -0.05) is 133 Å². The number of nitrogens with zero attached hydrogens (tertiary/aromatic N) is 4. The summed E-state index contributed by atoms with van der Waals surface area (Å²) in [5.74, 6) is 0. The Morgan fingerprint density at radius 3 is 1.84 bits per heavy atom. The Kier molecular flexibility index (Phi) is 12.9.